The number of hydrogen-bond donors (Lipinski definition) is 2. The number of nitrogens with zero attached hydrogens (tertiary/aromatic N) is 1. The lowest BCUT2D eigenvalue weighted by Gasteiger charge is -2.33. The minimum absolute atomic E-state index is 0.0551. The summed E-state index contributed by atoms with van der Waals surface area (Å²) in [5.41, 5.74) is 7.66. The van der Waals surface area contributed by atoms with E-state index in [9.17, 15) is 14.4 Å². The number of rotatable bonds is 5. The molecule has 1 aliphatic carbocycles. The molecule has 2 aromatic carbocycles. The second-order valence-corrected chi connectivity index (χ2v) is 9.38. The van der Waals surface area contributed by atoms with Crippen molar-refractivity contribution in [2.45, 2.75) is 71.1 Å². The van der Waals surface area contributed by atoms with E-state index >= 15 is 0 Å². The fourth-order valence-electron chi connectivity index (χ4n) is 5.12. The molecular weight excluding hydrogens is 430 g/mol. The molecule has 4 unspecified atom stereocenters. The maximum absolute atomic E-state index is 13.4. The van der Waals surface area contributed by atoms with Gasteiger partial charge in [0.1, 0.15) is 11.8 Å². The highest BCUT2D eigenvalue weighted by atomic mass is 16.5. The number of likely N-dealkylation sites (tertiary alicyclic amines) is 1. The lowest BCUT2D eigenvalue weighted by atomic mass is 9.84. The van der Waals surface area contributed by atoms with Crippen LogP contribution in [-0.4, -0.2) is 40.8 Å². The number of hydrogen-bond acceptors (Lipinski definition) is 4. The van der Waals surface area contributed by atoms with E-state index in [1.165, 1.54) is 0 Å². The molecule has 7 heteroatoms. The minimum Gasteiger partial charge on any atom is -0.481 e. The van der Waals surface area contributed by atoms with E-state index < -0.39 is 18.1 Å². The predicted molar refractivity (Wildman–Crippen MR) is 129 cm³/mol. The van der Waals surface area contributed by atoms with Crippen molar-refractivity contribution in [1.82, 2.24) is 15.8 Å². The largest absolute Gasteiger partial charge is 0.481 e. The fourth-order valence-corrected chi connectivity index (χ4v) is 5.12. The zero-order valence-electron chi connectivity index (χ0n) is 20.0. The van der Waals surface area contributed by atoms with Crippen LogP contribution in [0.5, 0.6) is 5.75 Å². The van der Waals surface area contributed by atoms with Crippen molar-refractivity contribution in [2.75, 3.05) is 0 Å². The Balaban J connectivity index is 1.41. The first-order chi connectivity index (χ1) is 16.4. The van der Waals surface area contributed by atoms with E-state index in [2.05, 4.69) is 10.9 Å². The summed E-state index contributed by atoms with van der Waals surface area (Å²) < 4.78 is 5.81. The zero-order chi connectivity index (χ0) is 24.2. The number of ether oxygens (including phenoxy) is 1. The van der Waals surface area contributed by atoms with Crippen LogP contribution in [0, 0.1) is 19.8 Å². The molecule has 7 nitrogen and oxygen atoms in total. The Morgan fingerprint density at radius 1 is 0.971 bits per heavy atom. The van der Waals surface area contributed by atoms with Crippen molar-refractivity contribution in [3.8, 4) is 5.75 Å². The van der Waals surface area contributed by atoms with Gasteiger partial charge in [0.15, 0.2) is 6.10 Å². The van der Waals surface area contributed by atoms with Gasteiger partial charge in [-0.1, -0.05) is 43.2 Å². The molecule has 0 aromatic heterocycles. The Morgan fingerprint density at radius 2 is 1.71 bits per heavy atom. The van der Waals surface area contributed by atoms with Crippen molar-refractivity contribution in [3.63, 3.8) is 0 Å². The third kappa shape index (κ3) is 4.93. The molecule has 34 heavy (non-hydrogen) atoms. The Bertz CT molecular complexity index is 1060. The van der Waals surface area contributed by atoms with Crippen LogP contribution in [-0.2, 0) is 9.59 Å². The van der Waals surface area contributed by atoms with Crippen LogP contribution in [0.15, 0.2) is 48.5 Å². The third-order valence-corrected chi connectivity index (χ3v) is 7.18. The van der Waals surface area contributed by atoms with Gasteiger partial charge in [-0.05, 0) is 75.3 Å². The average Bonchev–Trinajstić information content (AvgIpc) is 3.25. The van der Waals surface area contributed by atoms with Crippen LogP contribution >= 0.6 is 0 Å². The molecule has 0 bridgehead atoms. The second-order valence-electron chi connectivity index (χ2n) is 9.38. The third-order valence-electron chi connectivity index (χ3n) is 7.18. The van der Waals surface area contributed by atoms with Gasteiger partial charge in [-0.15, -0.1) is 0 Å². The van der Waals surface area contributed by atoms with Gasteiger partial charge in [-0.2, -0.15) is 0 Å². The quantitative estimate of drug-likeness (QED) is 0.662. The van der Waals surface area contributed by atoms with Gasteiger partial charge in [-0.3, -0.25) is 25.2 Å². The molecule has 2 N–H and O–H groups in total. The maximum Gasteiger partial charge on any atom is 0.279 e. The highest BCUT2D eigenvalue weighted by molar-refractivity contribution is 5.98. The highest BCUT2D eigenvalue weighted by Crippen LogP contribution is 2.40. The summed E-state index contributed by atoms with van der Waals surface area (Å²) in [6.07, 6.45) is 3.90. The monoisotopic (exact) mass is 463 g/mol. The predicted octanol–water partition coefficient (Wildman–Crippen LogP) is 3.69. The van der Waals surface area contributed by atoms with Gasteiger partial charge < -0.3 is 9.64 Å². The first-order valence-corrected chi connectivity index (χ1v) is 12.1. The number of benzene rings is 2. The summed E-state index contributed by atoms with van der Waals surface area (Å²) in [5.74, 6) is -0.0161. The molecule has 1 saturated carbocycles. The first kappa shape index (κ1) is 23.8. The molecule has 2 aromatic rings. The van der Waals surface area contributed by atoms with Crippen LogP contribution < -0.4 is 15.6 Å². The van der Waals surface area contributed by atoms with Crippen LogP contribution in [0.4, 0.5) is 0 Å². The number of amides is 3. The Hall–Kier alpha value is -3.35. The number of nitrogens with one attached hydrogen (secondary N) is 2. The van der Waals surface area contributed by atoms with Crippen molar-refractivity contribution in [2.24, 2.45) is 5.92 Å². The van der Waals surface area contributed by atoms with Crippen molar-refractivity contribution in [3.05, 3.63) is 65.2 Å². The molecule has 2 fully saturated rings. The van der Waals surface area contributed by atoms with E-state index in [1.807, 2.05) is 50.2 Å². The van der Waals surface area contributed by atoms with Crippen molar-refractivity contribution >= 4 is 17.7 Å². The number of hydrazine groups is 1. The van der Waals surface area contributed by atoms with E-state index in [0.717, 1.165) is 36.8 Å². The Labute approximate surface area is 200 Å². The Kier molecular flexibility index (Phi) is 7.20. The molecule has 1 heterocycles. The summed E-state index contributed by atoms with van der Waals surface area (Å²) in [4.78, 5) is 40.9. The van der Waals surface area contributed by atoms with Crippen molar-refractivity contribution < 1.29 is 19.1 Å². The normalized spacial score (nSPS) is 22.4. The molecule has 2 aliphatic rings. The van der Waals surface area contributed by atoms with Gasteiger partial charge in [0.25, 0.3) is 17.7 Å². The fraction of sp³-hybridized carbons (Fsp3) is 0.444. The molecule has 1 saturated heterocycles. The van der Waals surface area contributed by atoms with Gasteiger partial charge in [-0.25, -0.2) is 0 Å². The highest BCUT2D eigenvalue weighted by Gasteiger charge is 2.47. The summed E-state index contributed by atoms with van der Waals surface area (Å²) in [5, 5.41) is 0. The average molecular weight is 464 g/mol. The molecule has 4 rings (SSSR count). The minimum atomic E-state index is -0.797. The van der Waals surface area contributed by atoms with E-state index in [-0.39, 0.29) is 17.9 Å². The zero-order valence-corrected chi connectivity index (χ0v) is 20.0. The molecule has 3 amide bonds. The van der Waals surface area contributed by atoms with Crippen LogP contribution in [0.1, 0.15) is 60.5 Å². The topological polar surface area (TPSA) is 87.7 Å². The number of fused-ring (bicyclic) bond motifs is 1. The van der Waals surface area contributed by atoms with E-state index in [1.54, 1.807) is 24.0 Å². The van der Waals surface area contributed by atoms with E-state index in [0.29, 0.717) is 23.7 Å². The molecule has 0 spiro atoms. The summed E-state index contributed by atoms with van der Waals surface area (Å²) in [6, 6.07) is 14.2. The molecule has 4 atom stereocenters. The second kappa shape index (κ2) is 10.3. The number of aryl methyl sites for hydroxylation is 1. The van der Waals surface area contributed by atoms with Gasteiger partial charge in [0, 0.05) is 11.6 Å². The number of carbonyl (C=O) groups is 3. The first-order valence-electron chi connectivity index (χ1n) is 12.1. The summed E-state index contributed by atoms with van der Waals surface area (Å²) in [6.45, 7) is 5.56. The summed E-state index contributed by atoms with van der Waals surface area (Å²) >= 11 is 0. The smallest absolute Gasteiger partial charge is 0.279 e. The molecule has 1 aliphatic heterocycles. The molecular formula is C27H33N3O4. The molecule has 0 radical (unpaired) electrons. The lowest BCUT2D eigenvalue weighted by molar-refractivity contribution is -0.134. The standard InChI is InChI=1S/C27H33N3O4/c1-17-10-9-15-24(18(17)2)34-19(3)25(31)28-29-26(32)23-16-21-13-7-8-14-22(21)30(23)27(33)20-11-5-4-6-12-20/h4-6,9-12,15,19,21-23H,7-8,13-14,16H2,1-3H3,(H,28,31)(H,29,32). The number of carbonyl (C=O) groups excluding carboxylic acids is 3. The van der Waals surface area contributed by atoms with Gasteiger partial charge in [0.2, 0.25) is 0 Å². The van der Waals surface area contributed by atoms with E-state index in [4.69, 9.17) is 4.74 Å². The van der Waals surface area contributed by atoms with Gasteiger partial charge >= 0.3 is 0 Å². The van der Waals surface area contributed by atoms with Gasteiger partial charge in [0.05, 0.1) is 0 Å². The molecule has 180 valence electrons. The maximum atomic E-state index is 13.4. The summed E-state index contributed by atoms with van der Waals surface area (Å²) in [7, 11) is 0. The van der Waals surface area contributed by atoms with Crippen LogP contribution in [0.3, 0.4) is 0 Å². The lowest BCUT2D eigenvalue weighted by Crippen LogP contribution is -2.55. The SMILES string of the molecule is Cc1cccc(OC(C)C(=O)NNC(=O)C2CC3CCCCC3N2C(=O)c2ccccc2)c1C. The van der Waals surface area contributed by atoms with Crippen molar-refractivity contribution in [1.29, 1.82) is 0 Å². The Morgan fingerprint density at radius 3 is 2.47 bits per heavy atom. The van der Waals surface area contributed by atoms with Crippen LogP contribution in [0.2, 0.25) is 0 Å². The van der Waals surface area contributed by atoms with Crippen LogP contribution in [0.25, 0.3) is 0 Å².